The number of alkyl halides is 1. The molecular formula is C14H16ClFN2. The average molecular weight is 267 g/mol. The molecular weight excluding hydrogens is 251 g/mol. The van der Waals surface area contributed by atoms with Crippen molar-refractivity contribution in [2.45, 2.75) is 32.6 Å². The summed E-state index contributed by atoms with van der Waals surface area (Å²) in [6, 6.07) is 7.06. The molecule has 2 rings (SSSR count). The van der Waals surface area contributed by atoms with E-state index in [1.807, 2.05) is 26.0 Å². The van der Waals surface area contributed by atoms with Gasteiger partial charge in [0.25, 0.3) is 0 Å². The second-order valence-corrected chi connectivity index (χ2v) is 4.43. The first-order valence-corrected chi connectivity index (χ1v) is 6.65. The van der Waals surface area contributed by atoms with Gasteiger partial charge in [-0.05, 0) is 36.6 Å². The second-order valence-electron chi connectivity index (χ2n) is 4.17. The van der Waals surface area contributed by atoms with Gasteiger partial charge >= 0.3 is 0 Å². The maximum absolute atomic E-state index is 14.0. The molecule has 2 nitrogen and oxygen atoms in total. The van der Waals surface area contributed by atoms with Gasteiger partial charge in [-0.2, -0.15) is 5.10 Å². The fourth-order valence-corrected chi connectivity index (χ4v) is 2.08. The number of nitrogens with zero attached hydrogens (tertiary/aromatic N) is 2. The van der Waals surface area contributed by atoms with Crippen LogP contribution in [0.3, 0.4) is 0 Å². The molecule has 0 amide bonds. The maximum Gasteiger partial charge on any atom is 0.149 e. The van der Waals surface area contributed by atoms with Gasteiger partial charge in [0, 0.05) is 11.6 Å². The van der Waals surface area contributed by atoms with Crippen LogP contribution in [-0.2, 0) is 18.7 Å². The number of hydrogen-bond acceptors (Lipinski definition) is 1. The van der Waals surface area contributed by atoms with E-state index in [4.69, 9.17) is 11.6 Å². The van der Waals surface area contributed by atoms with Crippen LogP contribution in [0.4, 0.5) is 4.39 Å². The van der Waals surface area contributed by atoms with Crippen molar-refractivity contribution < 1.29 is 4.39 Å². The molecule has 0 aliphatic carbocycles. The van der Waals surface area contributed by atoms with E-state index in [9.17, 15) is 4.39 Å². The fraction of sp³-hybridized carbons (Fsp3) is 0.357. The van der Waals surface area contributed by atoms with Crippen molar-refractivity contribution in [3.63, 3.8) is 0 Å². The van der Waals surface area contributed by atoms with Crippen LogP contribution in [0.5, 0.6) is 0 Å². The monoisotopic (exact) mass is 266 g/mol. The fourth-order valence-electron chi connectivity index (χ4n) is 1.91. The van der Waals surface area contributed by atoms with Crippen LogP contribution in [0, 0.1) is 5.82 Å². The normalized spacial score (nSPS) is 10.9. The lowest BCUT2D eigenvalue weighted by molar-refractivity contribution is 0.604. The Hall–Kier alpha value is -1.35. The minimum atomic E-state index is -0.284. The van der Waals surface area contributed by atoms with Crippen LogP contribution < -0.4 is 0 Å². The minimum Gasteiger partial charge on any atom is -0.235 e. The number of halogens is 2. The van der Waals surface area contributed by atoms with Crippen LogP contribution in [0.1, 0.15) is 30.8 Å². The smallest absolute Gasteiger partial charge is 0.149 e. The molecule has 1 aromatic carbocycles. The second kappa shape index (κ2) is 5.53. The first-order chi connectivity index (χ1) is 8.69. The Balaban J connectivity index is 2.50. The van der Waals surface area contributed by atoms with Crippen molar-refractivity contribution in [2.75, 3.05) is 0 Å². The lowest BCUT2D eigenvalue weighted by Gasteiger charge is -2.08. The van der Waals surface area contributed by atoms with Crippen LogP contribution in [0.15, 0.2) is 24.3 Å². The molecule has 0 aliphatic rings. The van der Waals surface area contributed by atoms with E-state index in [1.165, 1.54) is 6.07 Å². The summed E-state index contributed by atoms with van der Waals surface area (Å²) in [5.74, 6) is 0.0329. The van der Waals surface area contributed by atoms with Crippen LogP contribution >= 0.6 is 11.6 Å². The Morgan fingerprint density at radius 2 is 2.00 bits per heavy atom. The topological polar surface area (TPSA) is 17.8 Å². The van der Waals surface area contributed by atoms with Crippen molar-refractivity contribution in [3.8, 4) is 5.69 Å². The number of benzene rings is 1. The van der Waals surface area contributed by atoms with E-state index >= 15 is 0 Å². The molecule has 1 heterocycles. The molecule has 0 fully saturated rings. The SMILES string of the molecule is CCc1cc(CC)n(-c2ccc(CCl)cc2F)n1. The highest BCUT2D eigenvalue weighted by Gasteiger charge is 2.11. The summed E-state index contributed by atoms with van der Waals surface area (Å²) < 4.78 is 15.7. The van der Waals surface area contributed by atoms with Gasteiger partial charge in [0.15, 0.2) is 0 Å². The van der Waals surface area contributed by atoms with Gasteiger partial charge in [-0.1, -0.05) is 19.9 Å². The average Bonchev–Trinajstić information content (AvgIpc) is 2.81. The molecule has 0 aliphatic heterocycles. The van der Waals surface area contributed by atoms with Crippen LogP contribution in [-0.4, -0.2) is 9.78 Å². The van der Waals surface area contributed by atoms with Gasteiger partial charge < -0.3 is 0 Å². The predicted octanol–water partition coefficient (Wildman–Crippen LogP) is 3.88. The molecule has 0 radical (unpaired) electrons. The van der Waals surface area contributed by atoms with E-state index in [0.717, 1.165) is 29.8 Å². The Morgan fingerprint density at radius 3 is 2.56 bits per heavy atom. The third-order valence-corrected chi connectivity index (χ3v) is 3.26. The zero-order valence-corrected chi connectivity index (χ0v) is 11.3. The van der Waals surface area contributed by atoms with Crippen molar-refractivity contribution in [3.05, 3.63) is 47.0 Å². The van der Waals surface area contributed by atoms with Crippen molar-refractivity contribution in [1.82, 2.24) is 9.78 Å². The third-order valence-electron chi connectivity index (χ3n) is 2.95. The Morgan fingerprint density at radius 1 is 1.22 bits per heavy atom. The maximum atomic E-state index is 14.0. The van der Waals surface area contributed by atoms with Crippen molar-refractivity contribution in [1.29, 1.82) is 0 Å². The highest BCUT2D eigenvalue weighted by atomic mass is 35.5. The zero-order chi connectivity index (χ0) is 13.1. The summed E-state index contributed by atoms with van der Waals surface area (Å²) in [5, 5.41) is 4.43. The number of hydrogen-bond donors (Lipinski definition) is 0. The summed E-state index contributed by atoms with van der Waals surface area (Å²) >= 11 is 5.69. The number of aryl methyl sites for hydroxylation is 2. The Labute approximate surface area is 111 Å². The predicted molar refractivity (Wildman–Crippen MR) is 71.8 cm³/mol. The Bertz CT molecular complexity index is 549. The summed E-state index contributed by atoms with van der Waals surface area (Å²) in [5.41, 5.74) is 3.26. The molecule has 0 saturated carbocycles. The highest BCUT2D eigenvalue weighted by Crippen LogP contribution is 2.19. The zero-order valence-electron chi connectivity index (χ0n) is 10.6. The number of rotatable bonds is 4. The summed E-state index contributed by atoms with van der Waals surface area (Å²) in [7, 11) is 0. The molecule has 0 bridgehead atoms. The molecule has 2 aromatic rings. The van der Waals surface area contributed by atoms with E-state index in [0.29, 0.717) is 11.6 Å². The molecule has 0 atom stereocenters. The first kappa shape index (κ1) is 13.1. The molecule has 1 aromatic heterocycles. The summed E-state index contributed by atoms with van der Waals surface area (Å²) in [6.07, 6.45) is 1.67. The molecule has 4 heteroatoms. The first-order valence-electron chi connectivity index (χ1n) is 6.12. The largest absolute Gasteiger partial charge is 0.235 e. The van der Waals surface area contributed by atoms with Gasteiger partial charge in [-0.3, -0.25) is 0 Å². The molecule has 0 N–H and O–H groups in total. The van der Waals surface area contributed by atoms with Gasteiger partial charge in [0.2, 0.25) is 0 Å². The van der Waals surface area contributed by atoms with Gasteiger partial charge in [-0.25, -0.2) is 9.07 Å². The van der Waals surface area contributed by atoms with Crippen molar-refractivity contribution >= 4 is 11.6 Å². The van der Waals surface area contributed by atoms with Gasteiger partial charge in [-0.15, -0.1) is 11.6 Å². The van der Waals surface area contributed by atoms with Gasteiger partial charge in [0.05, 0.1) is 5.69 Å². The molecule has 0 unspecified atom stereocenters. The van der Waals surface area contributed by atoms with Crippen molar-refractivity contribution in [2.24, 2.45) is 0 Å². The van der Waals surface area contributed by atoms with E-state index < -0.39 is 0 Å². The lowest BCUT2D eigenvalue weighted by Crippen LogP contribution is -2.04. The number of aromatic nitrogens is 2. The highest BCUT2D eigenvalue weighted by molar-refractivity contribution is 6.17. The third kappa shape index (κ3) is 2.41. The van der Waals surface area contributed by atoms with E-state index in [1.54, 1.807) is 10.7 Å². The molecule has 0 spiro atoms. The van der Waals surface area contributed by atoms with E-state index in [2.05, 4.69) is 5.10 Å². The quantitative estimate of drug-likeness (QED) is 0.768. The lowest BCUT2D eigenvalue weighted by atomic mass is 10.2. The molecule has 0 saturated heterocycles. The van der Waals surface area contributed by atoms with Crippen LogP contribution in [0.25, 0.3) is 5.69 Å². The van der Waals surface area contributed by atoms with Gasteiger partial charge in [0.1, 0.15) is 11.5 Å². The molecule has 96 valence electrons. The van der Waals surface area contributed by atoms with Crippen LogP contribution in [0.2, 0.25) is 0 Å². The summed E-state index contributed by atoms with van der Waals surface area (Å²) in [6.45, 7) is 4.08. The molecule has 18 heavy (non-hydrogen) atoms. The van der Waals surface area contributed by atoms with E-state index in [-0.39, 0.29) is 5.82 Å². The standard InChI is InChI=1S/C14H16ClFN2/c1-3-11-8-12(4-2)18(17-11)14-6-5-10(9-15)7-13(14)16/h5-8H,3-4,9H2,1-2H3. The minimum absolute atomic E-state index is 0.284. The Kier molecular flexibility index (Phi) is 4.02. The summed E-state index contributed by atoms with van der Waals surface area (Å²) in [4.78, 5) is 0.